The second-order valence-electron chi connectivity index (χ2n) is 6.66. The lowest BCUT2D eigenvalue weighted by Gasteiger charge is -2.36. The Bertz CT molecular complexity index is 824. The molecule has 3 aromatic rings. The van der Waals surface area contributed by atoms with Crippen LogP contribution in [0.15, 0.2) is 54.6 Å². The third kappa shape index (κ3) is 3.68. The van der Waals surface area contributed by atoms with Crippen LogP contribution >= 0.6 is 12.4 Å². The standard InChI is InChI=1S/C21H22F2N2.ClH/c22-20(23)14-19(25-11-9-24-10-12-25)21-17-7-3-1-5-15(17)13-16-6-2-4-8-18(16)21;/h1-8,13,19-20,24H,9-12,14H2;1H/t19-;/m1./s1. The van der Waals surface area contributed by atoms with Crippen molar-refractivity contribution in [2.24, 2.45) is 0 Å². The number of hydrogen-bond acceptors (Lipinski definition) is 2. The zero-order chi connectivity index (χ0) is 17.2. The molecule has 1 atom stereocenters. The minimum Gasteiger partial charge on any atom is -0.314 e. The van der Waals surface area contributed by atoms with E-state index >= 15 is 0 Å². The van der Waals surface area contributed by atoms with Crippen LogP contribution in [0, 0.1) is 0 Å². The highest BCUT2D eigenvalue weighted by molar-refractivity contribution is 6.02. The lowest BCUT2D eigenvalue weighted by Crippen LogP contribution is -2.45. The Labute approximate surface area is 158 Å². The number of rotatable bonds is 4. The largest absolute Gasteiger partial charge is 0.314 e. The number of piperazine rings is 1. The predicted octanol–water partition coefficient (Wildman–Crippen LogP) is 5.02. The lowest BCUT2D eigenvalue weighted by molar-refractivity contribution is 0.0750. The summed E-state index contributed by atoms with van der Waals surface area (Å²) in [5.41, 5.74) is 1.05. The molecule has 3 aromatic carbocycles. The smallest absolute Gasteiger partial charge is 0.240 e. The lowest BCUT2D eigenvalue weighted by atomic mass is 9.90. The number of hydrogen-bond donors (Lipinski definition) is 1. The molecule has 1 aliphatic rings. The summed E-state index contributed by atoms with van der Waals surface area (Å²) in [4.78, 5) is 2.22. The molecule has 0 saturated carbocycles. The normalized spacial score (nSPS) is 16.7. The molecule has 0 radical (unpaired) electrons. The Balaban J connectivity index is 0.00000196. The molecule has 1 N–H and O–H groups in total. The molecule has 0 aromatic heterocycles. The molecule has 138 valence electrons. The number of nitrogens with zero attached hydrogens (tertiary/aromatic N) is 1. The Morgan fingerprint density at radius 1 is 0.885 bits per heavy atom. The van der Waals surface area contributed by atoms with Crippen molar-refractivity contribution in [1.82, 2.24) is 10.2 Å². The van der Waals surface area contributed by atoms with Crippen LogP contribution in [0.3, 0.4) is 0 Å². The topological polar surface area (TPSA) is 15.3 Å². The SMILES string of the molecule is Cl.FC(F)C[C@H](c1c2ccccc2cc2ccccc12)N1CCNCC1. The van der Waals surface area contributed by atoms with Crippen LogP contribution < -0.4 is 5.32 Å². The van der Waals surface area contributed by atoms with Gasteiger partial charge in [0.2, 0.25) is 6.43 Å². The van der Waals surface area contributed by atoms with Crippen LogP contribution in [0.1, 0.15) is 18.0 Å². The zero-order valence-corrected chi connectivity index (χ0v) is 15.3. The van der Waals surface area contributed by atoms with Crippen molar-refractivity contribution in [3.63, 3.8) is 0 Å². The van der Waals surface area contributed by atoms with Crippen molar-refractivity contribution in [1.29, 1.82) is 0 Å². The Hall–Kier alpha value is -1.75. The third-order valence-corrected chi connectivity index (χ3v) is 5.14. The molecule has 5 heteroatoms. The van der Waals surface area contributed by atoms with Crippen molar-refractivity contribution in [3.05, 3.63) is 60.2 Å². The fraction of sp³-hybridized carbons (Fsp3) is 0.333. The van der Waals surface area contributed by atoms with Gasteiger partial charge in [0.25, 0.3) is 0 Å². The first-order chi connectivity index (χ1) is 12.2. The number of alkyl halides is 2. The molecule has 4 rings (SSSR count). The quantitative estimate of drug-likeness (QED) is 0.643. The van der Waals surface area contributed by atoms with Gasteiger partial charge in [-0.15, -0.1) is 12.4 Å². The van der Waals surface area contributed by atoms with Crippen LogP contribution in [-0.4, -0.2) is 37.5 Å². The fourth-order valence-corrected chi connectivity index (χ4v) is 4.02. The molecule has 2 nitrogen and oxygen atoms in total. The first-order valence-corrected chi connectivity index (χ1v) is 8.87. The number of nitrogens with one attached hydrogen (secondary N) is 1. The summed E-state index contributed by atoms with van der Waals surface area (Å²) in [6.45, 7) is 3.30. The highest BCUT2D eigenvalue weighted by atomic mass is 35.5. The summed E-state index contributed by atoms with van der Waals surface area (Å²) in [7, 11) is 0. The van der Waals surface area contributed by atoms with Crippen molar-refractivity contribution in [2.45, 2.75) is 18.9 Å². The van der Waals surface area contributed by atoms with Gasteiger partial charge in [-0.1, -0.05) is 48.5 Å². The molecular formula is C21H23ClF2N2. The van der Waals surface area contributed by atoms with Crippen LogP contribution in [0.4, 0.5) is 8.78 Å². The summed E-state index contributed by atoms with van der Waals surface area (Å²) >= 11 is 0. The molecule has 1 saturated heterocycles. The van der Waals surface area contributed by atoms with Gasteiger partial charge in [-0.2, -0.15) is 0 Å². The number of fused-ring (bicyclic) bond motifs is 2. The average molecular weight is 377 g/mol. The van der Waals surface area contributed by atoms with E-state index in [0.717, 1.165) is 53.3 Å². The van der Waals surface area contributed by atoms with Gasteiger partial charge >= 0.3 is 0 Å². The fourth-order valence-electron chi connectivity index (χ4n) is 4.02. The molecule has 0 aliphatic carbocycles. The third-order valence-electron chi connectivity index (χ3n) is 5.14. The predicted molar refractivity (Wildman–Crippen MR) is 107 cm³/mol. The van der Waals surface area contributed by atoms with Crippen LogP contribution in [0.5, 0.6) is 0 Å². The first-order valence-electron chi connectivity index (χ1n) is 8.87. The van der Waals surface area contributed by atoms with Gasteiger partial charge in [0, 0.05) is 38.6 Å². The van der Waals surface area contributed by atoms with E-state index in [1.807, 2.05) is 24.3 Å². The van der Waals surface area contributed by atoms with Gasteiger partial charge in [-0.05, 0) is 33.2 Å². The van der Waals surface area contributed by atoms with Gasteiger partial charge in [-0.25, -0.2) is 8.78 Å². The van der Waals surface area contributed by atoms with Crippen LogP contribution in [-0.2, 0) is 0 Å². The summed E-state index contributed by atoms with van der Waals surface area (Å²) in [5.74, 6) is 0. The monoisotopic (exact) mass is 376 g/mol. The molecule has 0 unspecified atom stereocenters. The molecular weight excluding hydrogens is 354 g/mol. The molecule has 26 heavy (non-hydrogen) atoms. The van der Waals surface area contributed by atoms with Crippen molar-refractivity contribution in [2.75, 3.05) is 26.2 Å². The molecule has 0 spiro atoms. The molecule has 1 fully saturated rings. The number of benzene rings is 3. The van der Waals surface area contributed by atoms with Gasteiger partial charge in [0.05, 0.1) is 0 Å². The van der Waals surface area contributed by atoms with E-state index in [0.29, 0.717) is 0 Å². The maximum Gasteiger partial charge on any atom is 0.240 e. The Kier molecular flexibility index (Phi) is 6.07. The van der Waals surface area contributed by atoms with E-state index in [2.05, 4.69) is 40.5 Å². The van der Waals surface area contributed by atoms with Gasteiger partial charge in [0.1, 0.15) is 0 Å². The van der Waals surface area contributed by atoms with Gasteiger partial charge in [0.15, 0.2) is 0 Å². The minimum atomic E-state index is -2.32. The summed E-state index contributed by atoms with van der Waals surface area (Å²) in [6.07, 6.45) is -2.45. The van der Waals surface area contributed by atoms with E-state index < -0.39 is 6.43 Å². The maximum atomic E-state index is 13.5. The number of halogens is 3. The molecule has 0 bridgehead atoms. The zero-order valence-electron chi connectivity index (χ0n) is 14.5. The highest BCUT2D eigenvalue weighted by Gasteiger charge is 2.28. The summed E-state index contributed by atoms with van der Waals surface area (Å²) in [6, 6.07) is 18.2. The van der Waals surface area contributed by atoms with E-state index in [1.54, 1.807) is 0 Å². The van der Waals surface area contributed by atoms with Crippen molar-refractivity contribution < 1.29 is 8.78 Å². The molecule has 1 aliphatic heterocycles. The average Bonchev–Trinajstić information content (AvgIpc) is 2.65. The molecule has 0 amide bonds. The second kappa shape index (κ2) is 8.30. The van der Waals surface area contributed by atoms with Gasteiger partial charge < -0.3 is 5.32 Å². The van der Waals surface area contributed by atoms with E-state index in [4.69, 9.17) is 0 Å². The first kappa shape index (κ1) is 19.0. The molecule has 1 heterocycles. The van der Waals surface area contributed by atoms with E-state index in [-0.39, 0.29) is 24.9 Å². The van der Waals surface area contributed by atoms with Crippen molar-refractivity contribution >= 4 is 34.0 Å². The maximum absolute atomic E-state index is 13.5. The highest BCUT2D eigenvalue weighted by Crippen LogP contribution is 2.38. The van der Waals surface area contributed by atoms with Crippen LogP contribution in [0.25, 0.3) is 21.5 Å². The summed E-state index contributed by atoms with van der Waals surface area (Å²) < 4.78 is 27.0. The van der Waals surface area contributed by atoms with Crippen LogP contribution in [0.2, 0.25) is 0 Å². The second-order valence-corrected chi connectivity index (χ2v) is 6.66. The summed E-state index contributed by atoms with van der Waals surface area (Å²) in [5, 5.41) is 7.73. The van der Waals surface area contributed by atoms with E-state index in [1.165, 1.54) is 0 Å². The van der Waals surface area contributed by atoms with Crippen molar-refractivity contribution in [3.8, 4) is 0 Å². The van der Waals surface area contributed by atoms with E-state index in [9.17, 15) is 8.78 Å². The minimum absolute atomic E-state index is 0. The van der Waals surface area contributed by atoms with Gasteiger partial charge in [-0.3, -0.25) is 4.90 Å². The Morgan fingerprint density at radius 3 is 1.96 bits per heavy atom. The Morgan fingerprint density at radius 2 is 1.42 bits per heavy atom.